The highest BCUT2D eigenvalue weighted by Gasteiger charge is 2.18. The lowest BCUT2D eigenvalue weighted by atomic mass is 9.95. The van der Waals surface area contributed by atoms with Crippen LogP contribution in [0, 0.1) is 17.2 Å². The summed E-state index contributed by atoms with van der Waals surface area (Å²) in [6.07, 6.45) is 1.99. The fraction of sp³-hybridized carbons (Fsp3) is 0.500. The number of hydrogen-bond acceptors (Lipinski definition) is 3. The van der Waals surface area contributed by atoms with Gasteiger partial charge in [-0.25, -0.2) is 0 Å². The predicted molar refractivity (Wildman–Crippen MR) is 70.1 cm³/mol. The van der Waals surface area contributed by atoms with Crippen LogP contribution in [-0.4, -0.2) is 13.2 Å². The summed E-state index contributed by atoms with van der Waals surface area (Å²) in [4.78, 5) is 0. The summed E-state index contributed by atoms with van der Waals surface area (Å²) in [5, 5.41) is 12.5. The minimum absolute atomic E-state index is 0.165. The van der Waals surface area contributed by atoms with Crippen molar-refractivity contribution in [2.24, 2.45) is 5.92 Å². The van der Waals surface area contributed by atoms with Crippen LogP contribution in [-0.2, 0) is 0 Å². The maximum absolute atomic E-state index is 9.23. The van der Waals surface area contributed by atoms with Gasteiger partial charge in [0.15, 0.2) is 0 Å². The zero-order chi connectivity index (χ0) is 12.7. The van der Waals surface area contributed by atoms with E-state index in [0.717, 1.165) is 24.3 Å². The highest BCUT2D eigenvalue weighted by Crippen LogP contribution is 2.26. The van der Waals surface area contributed by atoms with E-state index in [1.807, 2.05) is 24.3 Å². The van der Waals surface area contributed by atoms with Crippen LogP contribution in [0.25, 0.3) is 0 Å². The number of hydrogen-bond donors (Lipinski definition) is 1. The summed E-state index contributed by atoms with van der Waals surface area (Å²) < 4.78 is 5.27. The van der Waals surface area contributed by atoms with Gasteiger partial charge in [-0.3, -0.25) is 0 Å². The Morgan fingerprint density at radius 3 is 2.47 bits per heavy atom. The zero-order valence-electron chi connectivity index (χ0n) is 10.7. The Bertz CT molecular complexity index is 380. The van der Waals surface area contributed by atoms with Crippen molar-refractivity contribution in [1.82, 2.24) is 0 Å². The Balaban J connectivity index is 2.84. The third kappa shape index (κ3) is 3.39. The smallest absolute Gasteiger partial charge is 0.141 e. The molecular weight excluding hydrogens is 212 g/mol. The molecule has 0 aromatic heterocycles. The zero-order valence-corrected chi connectivity index (χ0v) is 10.7. The highest BCUT2D eigenvalue weighted by atomic mass is 16.5. The molecule has 0 bridgehead atoms. The average molecular weight is 232 g/mol. The third-order valence-electron chi connectivity index (χ3n) is 3.08. The van der Waals surface area contributed by atoms with Gasteiger partial charge in [-0.05, 0) is 18.1 Å². The van der Waals surface area contributed by atoms with E-state index < -0.39 is 0 Å². The second-order valence-corrected chi connectivity index (χ2v) is 4.03. The van der Waals surface area contributed by atoms with E-state index in [1.165, 1.54) is 0 Å². The molecule has 1 unspecified atom stereocenters. The Morgan fingerprint density at radius 2 is 1.94 bits per heavy atom. The van der Waals surface area contributed by atoms with Crippen molar-refractivity contribution < 1.29 is 4.74 Å². The first-order valence-electron chi connectivity index (χ1n) is 6.05. The lowest BCUT2D eigenvalue weighted by molar-refractivity contribution is 0.414. The number of ether oxygens (including phenoxy) is 1. The predicted octanol–water partition coefficient (Wildman–Crippen LogP) is 3.44. The summed E-state index contributed by atoms with van der Waals surface area (Å²) in [7, 11) is 1.64. The molecule has 0 spiro atoms. The first-order valence-corrected chi connectivity index (χ1v) is 6.05. The topological polar surface area (TPSA) is 45.0 Å². The maximum Gasteiger partial charge on any atom is 0.141 e. The van der Waals surface area contributed by atoms with Crippen molar-refractivity contribution >= 4 is 5.69 Å². The summed E-state index contributed by atoms with van der Waals surface area (Å²) >= 11 is 0. The molecule has 1 aromatic carbocycles. The van der Waals surface area contributed by atoms with Gasteiger partial charge in [0.25, 0.3) is 0 Å². The molecule has 0 aliphatic heterocycles. The molecule has 1 rings (SSSR count). The first kappa shape index (κ1) is 13.4. The molecule has 1 N–H and O–H groups in total. The molecule has 0 aliphatic rings. The lowest BCUT2D eigenvalue weighted by Crippen LogP contribution is -2.27. The summed E-state index contributed by atoms with van der Waals surface area (Å²) in [5.41, 5.74) is 0.883. The number of nitriles is 1. The number of benzene rings is 1. The monoisotopic (exact) mass is 232 g/mol. The molecule has 0 saturated carbocycles. The van der Waals surface area contributed by atoms with Crippen molar-refractivity contribution in [2.45, 2.75) is 32.7 Å². The fourth-order valence-electron chi connectivity index (χ4n) is 1.95. The van der Waals surface area contributed by atoms with E-state index in [1.54, 1.807) is 7.11 Å². The van der Waals surface area contributed by atoms with E-state index >= 15 is 0 Å². The molecule has 17 heavy (non-hydrogen) atoms. The molecule has 0 aliphatic carbocycles. The van der Waals surface area contributed by atoms with Gasteiger partial charge in [-0.2, -0.15) is 5.26 Å². The van der Waals surface area contributed by atoms with Crippen LogP contribution in [0.2, 0.25) is 0 Å². The summed E-state index contributed by atoms with van der Waals surface area (Å²) in [6, 6.07) is 9.86. The van der Waals surface area contributed by atoms with Gasteiger partial charge in [0.2, 0.25) is 0 Å². The molecule has 92 valence electrons. The van der Waals surface area contributed by atoms with Crippen LogP contribution in [0.3, 0.4) is 0 Å². The third-order valence-corrected chi connectivity index (χ3v) is 3.08. The van der Waals surface area contributed by atoms with Crippen molar-refractivity contribution in [1.29, 1.82) is 5.26 Å². The van der Waals surface area contributed by atoms with Crippen LogP contribution in [0.4, 0.5) is 5.69 Å². The molecule has 1 atom stereocenters. The van der Waals surface area contributed by atoms with Crippen LogP contribution < -0.4 is 10.1 Å². The Labute approximate surface area is 103 Å². The standard InChI is InChI=1S/C14H20N2O/c1-4-11(5-2)13(10-15)16-12-8-6-7-9-14(12)17-3/h6-9,11,13,16H,4-5H2,1-3H3. The van der Waals surface area contributed by atoms with Gasteiger partial charge in [-0.15, -0.1) is 0 Å². The van der Waals surface area contributed by atoms with Crippen molar-refractivity contribution in [3.63, 3.8) is 0 Å². The molecule has 0 radical (unpaired) electrons. The van der Waals surface area contributed by atoms with Crippen molar-refractivity contribution in [3.05, 3.63) is 24.3 Å². The molecule has 0 heterocycles. The summed E-state index contributed by atoms with van der Waals surface area (Å²) in [6.45, 7) is 4.23. The molecule has 0 amide bonds. The number of methoxy groups -OCH3 is 1. The second-order valence-electron chi connectivity index (χ2n) is 4.03. The Kier molecular flexibility index (Phi) is 5.35. The van der Waals surface area contributed by atoms with Crippen LogP contribution >= 0.6 is 0 Å². The number of nitrogens with zero attached hydrogens (tertiary/aromatic N) is 1. The van der Waals surface area contributed by atoms with E-state index in [-0.39, 0.29) is 6.04 Å². The molecule has 0 saturated heterocycles. The van der Waals surface area contributed by atoms with E-state index in [9.17, 15) is 5.26 Å². The first-order chi connectivity index (χ1) is 8.26. The maximum atomic E-state index is 9.23. The number of rotatable bonds is 6. The Morgan fingerprint density at radius 1 is 1.29 bits per heavy atom. The molecule has 3 nitrogen and oxygen atoms in total. The number of para-hydroxylation sites is 2. The van der Waals surface area contributed by atoms with Gasteiger partial charge in [0.05, 0.1) is 18.9 Å². The molecule has 3 heteroatoms. The van der Waals surface area contributed by atoms with E-state index in [0.29, 0.717) is 5.92 Å². The van der Waals surface area contributed by atoms with Crippen LogP contribution in [0.15, 0.2) is 24.3 Å². The molecule has 0 fully saturated rings. The van der Waals surface area contributed by atoms with Crippen molar-refractivity contribution in [3.8, 4) is 11.8 Å². The molecular formula is C14H20N2O. The van der Waals surface area contributed by atoms with Crippen molar-refractivity contribution in [2.75, 3.05) is 12.4 Å². The van der Waals surface area contributed by atoms with Gasteiger partial charge in [0.1, 0.15) is 11.8 Å². The van der Waals surface area contributed by atoms with E-state index in [2.05, 4.69) is 25.2 Å². The molecule has 1 aromatic rings. The Hall–Kier alpha value is -1.69. The van der Waals surface area contributed by atoms with Crippen LogP contribution in [0.5, 0.6) is 5.75 Å². The highest BCUT2D eigenvalue weighted by molar-refractivity contribution is 5.57. The minimum atomic E-state index is -0.165. The second kappa shape index (κ2) is 6.80. The number of nitrogens with one attached hydrogen (secondary N) is 1. The van der Waals surface area contributed by atoms with Crippen LogP contribution in [0.1, 0.15) is 26.7 Å². The summed E-state index contributed by atoms with van der Waals surface area (Å²) in [5.74, 6) is 1.14. The minimum Gasteiger partial charge on any atom is -0.495 e. The average Bonchev–Trinajstić information content (AvgIpc) is 2.39. The lowest BCUT2D eigenvalue weighted by Gasteiger charge is -2.22. The number of anilines is 1. The van der Waals surface area contributed by atoms with Gasteiger partial charge in [-0.1, -0.05) is 38.8 Å². The fourth-order valence-corrected chi connectivity index (χ4v) is 1.95. The van der Waals surface area contributed by atoms with Gasteiger partial charge < -0.3 is 10.1 Å². The SMILES string of the molecule is CCC(CC)C(C#N)Nc1ccccc1OC. The van der Waals surface area contributed by atoms with Gasteiger partial charge >= 0.3 is 0 Å². The normalized spacial score (nSPS) is 11.9. The largest absolute Gasteiger partial charge is 0.495 e. The van der Waals surface area contributed by atoms with Gasteiger partial charge in [0, 0.05) is 0 Å². The quantitative estimate of drug-likeness (QED) is 0.817. The van der Waals surface area contributed by atoms with E-state index in [4.69, 9.17) is 4.74 Å².